The zero-order chi connectivity index (χ0) is 20.9. The summed E-state index contributed by atoms with van der Waals surface area (Å²) >= 11 is 0. The molecule has 0 saturated heterocycles. The van der Waals surface area contributed by atoms with Gasteiger partial charge in [-0.3, -0.25) is 5.10 Å². The van der Waals surface area contributed by atoms with Crippen molar-refractivity contribution in [2.45, 2.75) is 104 Å². The van der Waals surface area contributed by atoms with Gasteiger partial charge in [0, 0.05) is 6.04 Å². The van der Waals surface area contributed by atoms with Gasteiger partial charge < -0.3 is 14.5 Å². The highest BCUT2D eigenvalue weighted by molar-refractivity contribution is 6.74. The fourth-order valence-corrected chi connectivity index (χ4v) is 3.21. The lowest BCUT2D eigenvalue weighted by Crippen LogP contribution is -2.40. The maximum atomic E-state index is 11.9. The third kappa shape index (κ3) is 8.47. The van der Waals surface area contributed by atoms with E-state index in [1.165, 1.54) is 0 Å². The third-order valence-electron chi connectivity index (χ3n) is 5.04. The highest BCUT2D eigenvalue weighted by Gasteiger charge is 2.37. The fourth-order valence-electron chi connectivity index (χ4n) is 2.26. The van der Waals surface area contributed by atoms with Crippen molar-refractivity contribution >= 4 is 14.4 Å². The number of ether oxygens (including phenoxy) is 1. The van der Waals surface area contributed by atoms with Crippen LogP contribution in [0.2, 0.25) is 18.1 Å². The Balaban J connectivity index is 2.50. The number of aromatic nitrogens is 2. The van der Waals surface area contributed by atoms with E-state index in [2.05, 4.69) is 62.4 Å². The van der Waals surface area contributed by atoms with Crippen molar-refractivity contribution in [1.82, 2.24) is 15.5 Å². The molecule has 1 aromatic heterocycles. The summed E-state index contributed by atoms with van der Waals surface area (Å²) in [6.07, 6.45) is 2.11. The molecule has 0 unspecified atom stereocenters. The summed E-state index contributed by atoms with van der Waals surface area (Å²) in [7, 11) is -1.77. The van der Waals surface area contributed by atoms with Gasteiger partial charge in [0.15, 0.2) is 8.32 Å². The minimum Gasteiger partial charge on any atom is -0.444 e. The van der Waals surface area contributed by atoms with Gasteiger partial charge >= 0.3 is 6.09 Å². The van der Waals surface area contributed by atoms with E-state index in [4.69, 9.17) is 9.16 Å². The molecule has 0 spiro atoms. The summed E-state index contributed by atoms with van der Waals surface area (Å²) in [6.45, 7) is 19.4. The third-order valence-corrected chi connectivity index (χ3v) is 9.52. The first-order chi connectivity index (χ1) is 12.2. The van der Waals surface area contributed by atoms with Gasteiger partial charge in [-0.2, -0.15) is 5.10 Å². The number of carbonyl (C=O) groups excluding carboxylic acids is 1. The van der Waals surface area contributed by atoms with E-state index in [0.717, 1.165) is 30.7 Å². The van der Waals surface area contributed by atoms with Crippen molar-refractivity contribution in [3.8, 4) is 0 Å². The summed E-state index contributed by atoms with van der Waals surface area (Å²) < 4.78 is 11.6. The van der Waals surface area contributed by atoms with E-state index in [1.54, 1.807) is 0 Å². The second kappa shape index (κ2) is 9.23. The first-order valence-corrected chi connectivity index (χ1v) is 12.8. The minimum absolute atomic E-state index is 0.0727. The van der Waals surface area contributed by atoms with Crippen LogP contribution >= 0.6 is 0 Å². The van der Waals surface area contributed by atoms with Crippen molar-refractivity contribution in [3.05, 3.63) is 17.5 Å². The summed E-state index contributed by atoms with van der Waals surface area (Å²) in [5.74, 6) is 0. The summed E-state index contributed by atoms with van der Waals surface area (Å²) in [5.41, 5.74) is 1.51. The molecule has 1 heterocycles. The molecular weight excluding hydrogens is 358 g/mol. The highest BCUT2D eigenvalue weighted by atomic mass is 28.4. The van der Waals surface area contributed by atoms with E-state index >= 15 is 0 Å². The lowest BCUT2D eigenvalue weighted by atomic mass is 10.1. The number of nitrogens with zero attached hydrogens (tertiary/aromatic N) is 1. The molecule has 7 heteroatoms. The molecule has 0 saturated carbocycles. The molecule has 0 aromatic carbocycles. The first-order valence-electron chi connectivity index (χ1n) is 9.90. The zero-order valence-electron chi connectivity index (χ0n) is 18.7. The standard InChI is InChI=1S/C20H39N3O3Si/c1-10-15(21-18(24)26-19(2,3)4)11-12-16-13-17(23-22-16)14-25-27(8,9)20(5,6)7/h13,15H,10-12,14H2,1-9H3,(H,21,24)(H,22,23)/t15-/m0/s1. The van der Waals surface area contributed by atoms with Crippen molar-refractivity contribution in [1.29, 1.82) is 0 Å². The second-order valence-electron chi connectivity index (χ2n) is 9.72. The number of nitrogens with one attached hydrogen (secondary N) is 2. The van der Waals surface area contributed by atoms with E-state index in [1.807, 2.05) is 20.8 Å². The molecule has 1 atom stereocenters. The van der Waals surface area contributed by atoms with Crippen LogP contribution in [0.25, 0.3) is 0 Å². The average Bonchev–Trinajstić information content (AvgIpc) is 2.94. The Morgan fingerprint density at radius 2 is 1.89 bits per heavy atom. The normalized spacial score (nSPS) is 14.1. The average molecular weight is 398 g/mol. The fraction of sp³-hybridized carbons (Fsp3) is 0.800. The number of alkyl carbamates (subject to hydrolysis) is 1. The van der Waals surface area contributed by atoms with E-state index in [-0.39, 0.29) is 17.2 Å². The quantitative estimate of drug-likeness (QED) is 0.594. The monoisotopic (exact) mass is 397 g/mol. The number of amides is 1. The van der Waals surface area contributed by atoms with Crippen LogP contribution in [0.3, 0.4) is 0 Å². The van der Waals surface area contributed by atoms with Gasteiger partial charge in [-0.05, 0) is 64.2 Å². The number of rotatable bonds is 8. The Labute approximate surface area is 165 Å². The van der Waals surface area contributed by atoms with Gasteiger partial charge in [-0.25, -0.2) is 4.79 Å². The van der Waals surface area contributed by atoms with Gasteiger partial charge in [-0.1, -0.05) is 27.7 Å². The van der Waals surface area contributed by atoms with Gasteiger partial charge in [0.25, 0.3) is 0 Å². The van der Waals surface area contributed by atoms with Crippen LogP contribution in [0.4, 0.5) is 4.79 Å². The van der Waals surface area contributed by atoms with E-state index in [0.29, 0.717) is 6.61 Å². The van der Waals surface area contributed by atoms with Crippen molar-refractivity contribution in [2.75, 3.05) is 0 Å². The molecule has 2 N–H and O–H groups in total. The molecule has 0 fully saturated rings. The van der Waals surface area contributed by atoms with E-state index in [9.17, 15) is 4.79 Å². The first kappa shape index (κ1) is 23.7. The molecule has 1 aromatic rings. The Bertz CT molecular complexity index is 600. The molecule has 0 aliphatic heterocycles. The van der Waals surface area contributed by atoms with E-state index < -0.39 is 13.9 Å². The van der Waals surface area contributed by atoms with Crippen LogP contribution in [0.5, 0.6) is 0 Å². The number of H-pyrrole nitrogens is 1. The molecule has 6 nitrogen and oxygen atoms in total. The van der Waals surface area contributed by atoms with Crippen LogP contribution < -0.4 is 5.32 Å². The van der Waals surface area contributed by atoms with Crippen LogP contribution in [-0.2, 0) is 22.2 Å². The van der Waals surface area contributed by atoms with Crippen molar-refractivity contribution in [3.63, 3.8) is 0 Å². The molecule has 1 amide bonds. The number of hydrogen-bond acceptors (Lipinski definition) is 4. The molecule has 156 valence electrons. The topological polar surface area (TPSA) is 76.2 Å². The SMILES string of the molecule is CC[C@@H](CCc1cc(CO[Si](C)(C)C(C)(C)C)[nH]n1)NC(=O)OC(C)(C)C. The van der Waals surface area contributed by atoms with Gasteiger partial charge in [-0.15, -0.1) is 0 Å². The Kier molecular flexibility index (Phi) is 8.10. The summed E-state index contributed by atoms with van der Waals surface area (Å²) in [4.78, 5) is 11.9. The molecule has 0 aliphatic carbocycles. The second-order valence-corrected chi connectivity index (χ2v) is 14.5. The van der Waals surface area contributed by atoms with Crippen LogP contribution in [0.1, 0.15) is 72.7 Å². The van der Waals surface area contributed by atoms with Gasteiger partial charge in [0.2, 0.25) is 0 Å². The zero-order valence-corrected chi connectivity index (χ0v) is 19.7. The Hall–Kier alpha value is -1.34. The Morgan fingerprint density at radius 3 is 2.41 bits per heavy atom. The lowest BCUT2D eigenvalue weighted by molar-refractivity contribution is 0.0500. The molecule has 0 bridgehead atoms. The maximum absolute atomic E-state index is 11.9. The van der Waals surface area contributed by atoms with Crippen molar-refractivity contribution < 1.29 is 14.0 Å². The predicted molar refractivity (Wildman–Crippen MR) is 112 cm³/mol. The summed E-state index contributed by atoms with van der Waals surface area (Å²) in [6, 6.07) is 2.14. The number of aryl methyl sites for hydroxylation is 1. The lowest BCUT2D eigenvalue weighted by Gasteiger charge is -2.35. The molecule has 1 rings (SSSR count). The molecule has 0 radical (unpaired) electrons. The van der Waals surface area contributed by atoms with Gasteiger partial charge in [0.1, 0.15) is 5.60 Å². The highest BCUT2D eigenvalue weighted by Crippen LogP contribution is 2.36. The number of hydrogen-bond donors (Lipinski definition) is 2. The van der Waals surface area contributed by atoms with Crippen LogP contribution in [0, 0.1) is 0 Å². The number of aromatic amines is 1. The van der Waals surface area contributed by atoms with Crippen LogP contribution in [-0.4, -0.2) is 36.3 Å². The molecular formula is C20H39N3O3Si. The Morgan fingerprint density at radius 1 is 1.26 bits per heavy atom. The molecule has 27 heavy (non-hydrogen) atoms. The number of carbonyl (C=O) groups is 1. The maximum Gasteiger partial charge on any atom is 0.407 e. The predicted octanol–water partition coefficient (Wildman–Crippen LogP) is 5.17. The largest absolute Gasteiger partial charge is 0.444 e. The van der Waals surface area contributed by atoms with Crippen LogP contribution in [0.15, 0.2) is 6.07 Å². The van der Waals surface area contributed by atoms with Crippen molar-refractivity contribution in [2.24, 2.45) is 0 Å². The smallest absolute Gasteiger partial charge is 0.407 e. The van der Waals surface area contributed by atoms with Gasteiger partial charge in [0.05, 0.1) is 18.0 Å². The minimum atomic E-state index is -1.77. The molecule has 0 aliphatic rings. The summed E-state index contributed by atoms with van der Waals surface area (Å²) in [5, 5.41) is 10.6.